The summed E-state index contributed by atoms with van der Waals surface area (Å²) in [6, 6.07) is 1.89. The number of carbonyl (C=O) groups is 1. The molecule has 2 heterocycles. The zero-order valence-electron chi connectivity index (χ0n) is 6.43. The van der Waals surface area contributed by atoms with Crippen molar-refractivity contribution in [3.63, 3.8) is 0 Å². The number of hydrogen-bond donors (Lipinski definition) is 1. The normalized spacial score (nSPS) is 23.6. The third kappa shape index (κ3) is 1.23. The van der Waals surface area contributed by atoms with Crippen LogP contribution in [0.3, 0.4) is 0 Å². The summed E-state index contributed by atoms with van der Waals surface area (Å²) in [5.74, 6) is 0.0147. The Hall–Kier alpha value is -0.870. The number of rotatable bonds is 1. The molecule has 1 fully saturated rings. The van der Waals surface area contributed by atoms with Gasteiger partial charge in [0.2, 0.25) is 5.91 Å². The Balaban J connectivity index is 2.21. The molecule has 0 radical (unpaired) electrons. The molecule has 1 N–H and O–H groups in total. The lowest BCUT2D eigenvalue weighted by Gasteiger charge is -2.12. The standard InChI is InChI=1S/C8H9NO2S/c10-7-3-8(11)9(4-7)6-1-2-12-5-6/h1-2,5,7,10H,3-4H2. The Morgan fingerprint density at radius 3 is 3.00 bits per heavy atom. The molecule has 1 unspecified atom stereocenters. The van der Waals surface area contributed by atoms with Crippen LogP contribution in [-0.4, -0.2) is 23.7 Å². The quantitative estimate of drug-likeness (QED) is 0.701. The van der Waals surface area contributed by atoms with Crippen molar-refractivity contribution in [2.75, 3.05) is 11.4 Å². The highest BCUT2D eigenvalue weighted by Crippen LogP contribution is 2.23. The molecule has 0 aliphatic carbocycles. The minimum absolute atomic E-state index is 0.0147. The fourth-order valence-corrected chi connectivity index (χ4v) is 1.99. The largest absolute Gasteiger partial charge is 0.391 e. The van der Waals surface area contributed by atoms with Gasteiger partial charge in [-0.15, -0.1) is 0 Å². The van der Waals surface area contributed by atoms with E-state index in [1.807, 2.05) is 16.8 Å². The molecule has 0 aromatic carbocycles. The van der Waals surface area contributed by atoms with Crippen LogP contribution in [0.4, 0.5) is 5.69 Å². The topological polar surface area (TPSA) is 40.5 Å². The average molecular weight is 183 g/mol. The molecule has 64 valence electrons. The summed E-state index contributed by atoms with van der Waals surface area (Å²) < 4.78 is 0. The number of nitrogens with zero attached hydrogens (tertiary/aromatic N) is 1. The molecule has 0 saturated carbocycles. The molecular formula is C8H9NO2S. The summed E-state index contributed by atoms with van der Waals surface area (Å²) in [5, 5.41) is 13.0. The highest BCUT2D eigenvalue weighted by atomic mass is 32.1. The van der Waals surface area contributed by atoms with Crippen molar-refractivity contribution in [3.8, 4) is 0 Å². The fraction of sp³-hybridized carbons (Fsp3) is 0.375. The van der Waals surface area contributed by atoms with Crippen molar-refractivity contribution in [1.82, 2.24) is 0 Å². The van der Waals surface area contributed by atoms with Crippen molar-refractivity contribution in [3.05, 3.63) is 16.8 Å². The minimum Gasteiger partial charge on any atom is -0.391 e. The van der Waals surface area contributed by atoms with Gasteiger partial charge in [-0.1, -0.05) is 0 Å². The molecule has 1 aromatic rings. The molecule has 3 nitrogen and oxygen atoms in total. The number of β-amino-alcohol motifs (C(OH)–C–C–N with tert-alkyl or cyclic N) is 1. The van der Waals surface area contributed by atoms with Crippen LogP contribution >= 0.6 is 11.3 Å². The number of aliphatic hydroxyl groups excluding tert-OH is 1. The zero-order chi connectivity index (χ0) is 8.55. The molecule has 1 amide bonds. The number of thiophene rings is 1. The van der Waals surface area contributed by atoms with Crippen LogP contribution in [-0.2, 0) is 4.79 Å². The van der Waals surface area contributed by atoms with Gasteiger partial charge in [0.05, 0.1) is 24.8 Å². The first kappa shape index (κ1) is 7.76. The summed E-state index contributed by atoms with van der Waals surface area (Å²) in [4.78, 5) is 12.9. The lowest BCUT2D eigenvalue weighted by atomic mass is 10.3. The lowest BCUT2D eigenvalue weighted by Crippen LogP contribution is -2.24. The van der Waals surface area contributed by atoms with Crippen LogP contribution in [0.5, 0.6) is 0 Å². The maximum atomic E-state index is 11.3. The van der Waals surface area contributed by atoms with Gasteiger partial charge in [-0.3, -0.25) is 4.79 Å². The molecule has 0 bridgehead atoms. The van der Waals surface area contributed by atoms with E-state index in [-0.39, 0.29) is 12.3 Å². The molecular weight excluding hydrogens is 174 g/mol. The van der Waals surface area contributed by atoms with Gasteiger partial charge in [-0.2, -0.15) is 11.3 Å². The van der Waals surface area contributed by atoms with E-state index in [1.54, 1.807) is 16.2 Å². The first-order valence-corrected chi connectivity index (χ1v) is 4.72. The molecule has 4 heteroatoms. The fourth-order valence-electron chi connectivity index (χ4n) is 1.35. The third-order valence-electron chi connectivity index (χ3n) is 1.92. The van der Waals surface area contributed by atoms with E-state index >= 15 is 0 Å². The molecule has 1 saturated heterocycles. The number of amides is 1. The summed E-state index contributed by atoms with van der Waals surface area (Å²) in [6.07, 6.45) is -0.229. The maximum Gasteiger partial charge on any atom is 0.229 e. The summed E-state index contributed by atoms with van der Waals surface area (Å²) in [6.45, 7) is 0.440. The van der Waals surface area contributed by atoms with E-state index in [0.29, 0.717) is 6.54 Å². The average Bonchev–Trinajstić information content (AvgIpc) is 2.58. The van der Waals surface area contributed by atoms with Crippen molar-refractivity contribution in [2.24, 2.45) is 0 Å². The van der Waals surface area contributed by atoms with Gasteiger partial charge in [-0.05, 0) is 11.4 Å². The Morgan fingerprint density at radius 2 is 2.50 bits per heavy atom. The van der Waals surface area contributed by atoms with Crippen molar-refractivity contribution in [2.45, 2.75) is 12.5 Å². The summed E-state index contributed by atoms with van der Waals surface area (Å²) in [5.41, 5.74) is 0.904. The van der Waals surface area contributed by atoms with Crippen molar-refractivity contribution >= 4 is 22.9 Å². The van der Waals surface area contributed by atoms with Gasteiger partial charge in [0.1, 0.15) is 0 Å². The lowest BCUT2D eigenvalue weighted by molar-refractivity contribution is -0.117. The second-order valence-electron chi connectivity index (χ2n) is 2.84. The Morgan fingerprint density at radius 1 is 1.67 bits per heavy atom. The van der Waals surface area contributed by atoms with E-state index in [4.69, 9.17) is 0 Å². The zero-order valence-corrected chi connectivity index (χ0v) is 7.25. The van der Waals surface area contributed by atoms with E-state index < -0.39 is 6.10 Å². The second-order valence-corrected chi connectivity index (χ2v) is 3.62. The smallest absolute Gasteiger partial charge is 0.229 e. The van der Waals surface area contributed by atoms with Gasteiger partial charge >= 0.3 is 0 Å². The highest BCUT2D eigenvalue weighted by Gasteiger charge is 2.28. The molecule has 12 heavy (non-hydrogen) atoms. The van der Waals surface area contributed by atoms with Gasteiger partial charge in [0, 0.05) is 5.38 Å². The van der Waals surface area contributed by atoms with Crippen molar-refractivity contribution < 1.29 is 9.90 Å². The number of anilines is 1. The van der Waals surface area contributed by atoms with E-state index in [2.05, 4.69) is 0 Å². The molecule has 1 aliphatic rings. The number of hydrogen-bond acceptors (Lipinski definition) is 3. The predicted octanol–water partition coefficient (Wildman–Crippen LogP) is 0.846. The van der Waals surface area contributed by atoms with Gasteiger partial charge in [0.25, 0.3) is 0 Å². The molecule has 2 rings (SSSR count). The van der Waals surface area contributed by atoms with Crippen LogP contribution < -0.4 is 4.90 Å². The molecule has 0 spiro atoms. The predicted molar refractivity (Wildman–Crippen MR) is 47.3 cm³/mol. The number of carbonyl (C=O) groups excluding carboxylic acids is 1. The molecule has 1 atom stereocenters. The van der Waals surface area contributed by atoms with Gasteiger partial charge < -0.3 is 10.0 Å². The summed E-state index contributed by atoms with van der Waals surface area (Å²) >= 11 is 1.55. The van der Waals surface area contributed by atoms with E-state index in [0.717, 1.165) is 5.69 Å². The van der Waals surface area contributed by atoms with E-state index in [9.17, 15) is 9.90 Å². The minimum atomic E-state index is -0.489. The first-order valence-electron chi connectivity index (χ1n) is 3.78. The van der Waals surface area contributed by atoms with Gasteiger partial charge in [-0.25, -0.2) is 0 Å². The first-order chi connectivity index (χ1) is 5.77. The second kappa shape index (κ2) is 2.88. The Kier molecular flexibility index (Phi) is 1.86. The SMILES string of the molecule is O=C1CC(O)CN1c1ccsc1. The third-order valence-corrected chi connectivity index (χ3v) is 2.59. The maximum absolute atomic E-state index is 11.3. The van der Waals surface area contributed by atoms with Crippen molar-refractivity contribution in [1.29, 1.82) is 0 Å². The van der Waals surface area contributed by atoms with E-state index in [1.165, 1.54) is 0 Å². The highest BCUT2D eigenvalue weighted by molar-refractivity contribution is 7.08. The monoisotopic (exact) mass is 183 g/mol. The Labute approximate surface area is 74.2 Å². The molecule has 1 aromatic heterocycles. The molecule has 1 aliphatic heterocycles. The van der Waals surface area contributed by atoms with Crippen LogP contribution in [0, 0.1) is 0 Å². The summed E-state index contributed by atoms with van der Waals surface area (Å²) in [7, 11) is 0. The Bertz CT molecular complexity index is 283. The van der Waals surface area contributed by atoms with Crippen LogP contribution in [0.2, 0.25) is 0 Å². The van der Waals surface area contributed by atoms with Crippen LogP contribution in [0.15, 0.2) is 16.8 Å². The van der Waals surface area contributed by atoms with Gasteiger partial charge in [0.15, 0.2) is 0 Å². The van der Waals surface area contributed by atoms with Crippen LogP contribution in [0.1, 0.15) is 6.42 Å². The van der Waals surface area contributed by atoms with Crippen LogP contribution in [0.25, 0.3) is 0 Å². The number of aliphatic hydroxyl groups is 1.